The molecule has 4 aromatic heterocycles. The van der Waals surface area contributed by atoms with Crippen LogP contribution in [-0.4, -0.2) is 25.8 Å². The van der Waals surface area contributed by atoms with Gasteiger partial charge in [-0.25, -0.2) is 9.97 Å². The summed E-state index contributed by atoms with van der Waals surface area (Å²) in [7, 11) is 0. The molecular weight excluding hydrogens is 613 g/mol. The Morgan fingerprint density at radius 1 is 0.680 bits per heavy atom. The number of hydrogen-bond donors (Lipinski definition) is 0. The standard InChI is InChI=1S/C43H28BN5O/c1-27-16-21-36-41-39(27)33-20-18-29(50-30-17-19-32-31-13-5-6-14-35(31)48(37(32)26-30)38-15-7-9-23-45-38)25-34(33)43-46-40(28-11-3-2-4-12-28)42(49(41)43)44-22-8-10-24-47(36)44/h2-26H,1H3. The molecule has 0 aliphatic carbocycles. The van der Waals surface area contributed by atoms with Crippen LogP contribution < -0.4 is 15.1 Å². The van der Waals surface area contributed by atoms with Gasteiger partial charge in [0.05, 0.1) is 27.9 Å². The molecule has 0 spiro atoms. The van der Waals surface area contributed by atoms with E-state index in [0.717, 1.165) is 61.4 Å². The van der Waals surface area contributed by atoms with E-state index in [1.54, 1.807) is 0 Å². The average molecular weight is 642 g/mol. The van der Waals surface area contributed by atoms with Gasteiger partial charge in [-0.2, -0.15) is 0 Å². The van der Waals surface area contributed by atoms with Gasteiger partial charge in [0.25, 0.3) is 0 Å². The van der Waals surface area contributed by atoms with Crippen LogP contribution in [0.2, 0.25) is 0 Å². The highest BCUT2D eigenvalue weighted by Gasteiger charge is 2.37. The Labute approximate surface area is 287 Å². The predicted molar refractivity (Wildman–Crippen MR) is 205 cm³/mol. The van der Waals surface area contributed by atoms with Crippen molar-refractivity contribution in [2.24, 2.45) is 0 Å². The summed E-state index contributed by atoms with van der Waals surface area (Å²) in [5.41, 5.74) is 9.98. The van der Waals surface area contributed by atoms with Crippen LogP contribution in [0.5, 0.6) is 11.5 Å². The lowest BCUT2D eigenvalue weighted by Gasteiger charge is -2.34. The molecule has 0 amide bonds. The molecule has 0 unspecified atom stereocenters. The third-order valence-corrected chi connectivity index (χ3v) is 10.3. The maximum atomic E-state index is 6.72. The number of para-hydroxylation sites is 1. The zero-order valence-corrected chi connectivity index (χ0v) is 27.2. The van der Waals surface area contributed by atoms with Crippen LogP contribution >= 0.6 is 0 Å². The van der Waals surface area contributed by atoms with E-state index in [1.165, 1.54) is 33.1 Å². The Hall–Kier alpha value is -6.60. The summed E-state index contributed by atoms with van der Waals surface area (Å²) in [6.45, 7) is 2.23. The number of allylic oxidation sites excluding steroid dienone is 2. The lowest BCUT2D eigenvalue weighted by Crippen LogP contribution is -2.51. The molecule has 0 saturated carbocycles. The highest BCUT2D eigenvalue weighted by atomic mass is 16.5. The number of fused-ring (bicyclic) bond motifs is 9. The maximum Gasteiger partial charge on any atom is 0.341 e. The Morgan fingerprint density at radius 3 is 2.36 bits per heavy atom. The summed E-state index contributed by atoms with van der Waals surface area (Å²) >= 11 is 0. The third-order valence-electron chi connectivity index (χ3n) is 10.3. The summed E-state index contributed by atoms with van der Waals surface area (Å²) in [4.78, 5) is 12.5. The highest BCUT2D eigenvalue weighted by Crippen LogP contribution is 2.42. The molecule has 0 atom stereocenters. The quantitative estimate of drug-likeness (QED) is 0.142. The number of aromatic nitrogens is 4. The van der Waals surface area contributed by atoms with Gasteiger partial charge in [0.2, 0.25) is 0 Å². The summed E-state index contributed by atoms with van der Waals surface area (Å²) in [5, 5.41) is 5.80. The molecule has 5 aromatic carbocycles. The number of aryl methyl sites for hydroxylation is 1. The SMILES string of the molecule is Cc1ccc2c3c1c1ccc(Oc4ccc5c6ccccc6n(-c6ccccn6)c5c4)cc1c1nc(-c4ccccc4)c(n13)B1C=CC=CN12. The summed E-state index contributed by atoms with van der Waals surface area (Å²) in [6.07, 6.45) is 8.29. The molecule has 0 radical (unpaired) electrons. The van der Waals surface area contributed by atoms with Gasteiger partial charge in [0, 0.05) is 45.0 Å². The van der Waals surface area contributed by atoms with Crippen LogP contribution in [0.15, 0.2) is 152 Å². The second-order valence-corrected chi connectivity index (χ2v) is 13.1. The maximum absolute atomic E-state index is 6.72. The van der Waals surface area contributed by atoms with Crippen molar-refractivity contribution in [1.29, 1.82) is 0 Å². The fourth-order valence-corrected chi connectivity index (χ4v) is 8.20. The van der Waals surface area contributed by atoms with Gasteiger partial charge in [-0.3, -0.25) is 8.97 Å². The summed E-state index contributed by atoms with van der Waals surface area (Å²) in [6, 6.07) is 42.3. The van der Waals surface area contributed by atoms with E-state index in [1.807, 2.05) is 24.4 Å². The largest absolute Gasteiger partial charge is 0.457 e. The zero-order valence-electron chi connectivity index (χ0n) is 27.2. The molecule has 7 heteroatoms. The minimum Gasteiger partial charge on any atom is -0.457 e. The number of nitrogens with zero attached hydrogens (tertiary/aromatic N) is 5. The fraction of sp³-hybridized carbons (Fsp3) is 0.0233. The van der Waals surface area contributed by atoms with Crippen LogP contribution in [0.3, 0.4) is 0 Å². The number of anilines is 1. The van der Waals surface area contributed by atoms with Gasteiger partial charge in [0.1, 0.15) is 23.0 Å². The van der Waals surface area contributed by atoms with Crippen LogP contribution in [0.25, 0.3) is 66.2 Å². The van der Waals surface area contributed by atoms with Gasteiger partial charge in [0.15, 0.2) is 0 Å². The first-order valence-electron chi connectivity index (χ1n) is 17.0. The average Bonchev–Trinajstić information content (AvgIpc) is 3.73. The van der Waals surface area contributed by atoms with Gasteiger partial charge < -0.3 is 9.55 Å². The monoisotopic (exact) mass is 641 g/mol. The van der Waals surface area contributed by atoms with Gasteiger partial charge in [-0.05, 0) is 84.7 Å². The normalized spacial score (nSPS) is 13.5. The van der Waals surface area contributed by atoms with E-state index in [4.69, 9.17) is 14.7 Å². The van der Waals surface area contributed by atoms with Crippen molar-refractivity contribution in [3.05, 3.63) is 157 Å². The van der Waals surface area contributed by atoms with E-state index in [2.05, 4.69) is 148 Å². The topological polar surface area (TPSA) is 47.6 Å². The van der Waals surface area contributed by atoms with Crippen LogP contribution in [0.4, 0.5) is 5.69 Å². The van der Waals surface area contributed by atoms with E-state index < -0.39 is 0 Å². The lowest BCUT2D eigenvalue weighted by atomic mass is 9.54. The van der Waals surface area contributed by atoms with Crippen LogP contribution in [0, 0.1) is 6.92 Å². The van der Waals surface area contributed by atoms with Crippen molar-refractivity contribution in [2.75, 3.05) is 4.81 Å². The Kier molecular flexibility index (Phi) is 5.59. The van der Waals surface area contributed by atoms with Crippen molar-refractivity contribution in [1.82, 2.24) is 18.9 Å². The number of hydrogen-bond acceptors (Lipinski definition) is 4. The second kappa shape index (κ2) is 10.2. The van der Waals surface area contributed by atoms with Gasteiger partial charge >= 0.3 is 6.85 Å². The molecule has 6 nitrogen and oxygen atoms in total. The molecule has 0 bridgehead atoms. The zero-order chi connectivity index (χ0) is 32.9. The Bertz CT molecular complexity index is 2920. The lowest BCUT2D eigenvalue weighted by molar-refractivity contribution is 0.484. The first-order chi connectivity index (χ1) is 24.7. The summed E-state index contributed by atoms with van der Waals surface area (Å²) < 4.78 is 11.3. The Morgan fingerprint density at radius 2 is 1.48 bits per heavy atom. The molecule has 234 valence electrons. The van der Waals surface area contributed by atoms with E-state index in [0.29, 0.717) is 0 Å². The summed E-state index contributed by atoms with van der Waals surface area (Å²) in [5.74, 6) is 4.67. The highest BCUT2D eigenvalue weighted by molar-refractivity contribution is 6.83. The molecule has 50 heavy (non-hydrogen) atoms. The molecule has 0 saturated heterocycles. The number of rotatable bonds is 4. The minimum absolute atomic E-state index is 0.0260. The predicted octanol–water partition coefficient (Wildman–Crippen LogP) is 9.54. The van der Waals surface area contributed by atoms with Crippen molar-refractivity contribution in [3.8, 4) is 28.6 Å². The Balaban J connectivity index is 1.14. The van der Waals surface area contributed by atoms with Gasteiger partial charge in [-0.1, -0.05) is 72.7 Å². The van der Waals surface area contributed by atoms with Crippen LogP contribution in [0.1, 0.15) is 5.56 Å². The number of imidazole rings is 1. The van der Waals surface area contributed by atoms with Crippen molar-refractivity contribution in [3.63, 3.8) is 0 Å². The molecule has 6 heterocycles. The number of pyridine rings is 2. The first-order valence-corrected chi connectivity index (χ1v) is 17.0. The molecule has 2 aliphatic heterocycles. The number of benzene rings is 5. The second-order valence-electron chi connectivity index (χ2n) is 13.1. The molecule has 2 aliphatic rings. The van der Waals surface area contributed by atoms with E-state index in [9.17, 15) is 0 Å². The minimum atomic E-state index is 0.0260. The van der Waals surface area contributed by atoms with E-state index in [-0.39, 0.29) is 6.85 Å². The fourth-order valence-electron chi connectivity index (χ4n) is 8.20. The number of ether oxygens (including phenoxy) is 1. The smallest absolute Gasteiger partial charge is 0.341 e. The molecule has 0 fully saturated rings. The van der Waals surface area contributed by atoms with E-state index >= 15 is 0 Å². The van der Waals surface area contributed by atoms with Crippen molar-refractivity contribution < 1.29 is 4.74 Å². The van der Waals surface area contributed by atoms with Gasteiger partial charge in [-0.15, -0.1) is 0 Å². The third kappa shape index (κ3) is 3.74. The molecule has 9 aromatic rings. The van der Waals surface area contributed by atoms with Crippen molar-refractivity contribution >= 4 is 67.3 Å². The first kappa shape index (κ1) is 27.4. The molecule has 11 rings (SSSR count). The molecular formula is C43H28BN5O. The molecule has 0 N–H and O–H groups in total. The van der Waals surface area contributed by atoms with Crippen LogP contribution in [-0.2, 0) is 0 Å². The van der Waals surface area contributed by atoms with Crippen molar-refractivity contribution in [2.45, 2.75) is 6.92 Å².